The van der Waals surface area contributed by atoms with Gasteiger partial charge in [0.2, 0.25) is 5.91 Å². The van der Waals surface area contributed by atoms with Crippen LogP contribution in [0.5, 0.6) is 5.75 Å². The van der Waals surface area contributed by atoms with Gasteiger partial charge in [0.05, 0.1) is 5.02 Å². The van der Waals surface area contributed by atoms with E-state index in [0.29, 0.717) is 30.5 Å². The van der Waals surface area contributed by atoms with Crippen LogP contribution in [0.1, 0.15) is 25.3 Å². The number of phenols is 1. The first kappa shape index (κ1) is 25.2. The van der Waals surface area contributed by atoms with Crippen molar-refractivity contribution in [3.63, 3.8) is 0 Å². The van der Waals surface area contributed by atoms with Gasteiger partial charge in [0.1, 0.15) is 20.6 Å². The van der Waals surface area contributed by atoms with Crippen molar-refractivity contribution in [2.24, 2.45) is 0 Å². The molecule has 2 aromatic rings. The van der Waals surface area contributed by atoms with Crippen LogP contribution in [0.3, 0.4) is 0 Å². The van der Waals surface area contributed by atoms with Gasteiger partial charge < -0.3 is 10.4 Å². The topological polar surface area (TPSA) is 93.5 Å². The highest BCUT2D eigenvalue weighted by atomic mass is 35.5. The first-order valence-corrected chi connectivity index (χ1v) is 12.5. The maximum Gasteiger partial charge on any atom is 0.247 e. The third-order valence-electron chi connectivity index (χ3n) is 5.17. The first-order valence-electron chi connectivity index (χ1n) is 10.2. The molecule has 33 heavy (non-hydrogen) atoms. The summed E-state index contributed by atoms with van der Waals surface area (Å²) in [6.07, 6.45) is 4.56. The van der Waals surface area contributed by atoms with Crippen LogP contribution in [0, 0.1) is 10.6 Å². The maximum absolute atomic E-state index is 13.8. The number of phenolic OH excluding ortho intramolecular Hbond substituents is 1. The van der Waals surface area contributed by atoms with Crippen molar-refractivity contribution in [2.45, 2.75) is 31.2 Å². The number of rotatable bonds is 8. The molecule has 3 N–H and O–H groups in total. The van der Waals surface area contributed by atoms with Crippen molar-refractivity contribution in [3.8, 4) is 5.75 Å². The van der Waals surface area contributed by atoms with Crippen molar-refractivity contribution >= 4 is 39.0 Å². The fourth-order valence-electron chi connectivity index (χ4n) is 3.43. The number of halogens is 3. The number of hydrogen-bond acceptors (Lipinski definition) is 4. The van der Waals surface area contributed by atoms with Crippen LogP contribution in [0.15, 0.2) is 64.6 Å². The Hall–Kier alpha value is -2.39. The number of carbonyl (C=O) groups excluding carboxylic acids is 1. The van der Waals surface area contributed by atoms with Crippen molar-refractivity contribution < 1.29 is 18.5 Å². The predicted molar refractivity (Wildman–Crippen MR) is 128 cm³/mol. The zero-order chi connectivity index (χ0) is 24.2. The summed E-state index contributed by atoms with van der Waals surface area (Å²) in [6.45, 7) is 2.56. The third-order valence-corrected chi connectivity index (χ3v) is 7.57. The Kier molecular flexibility index (Phi) is 8.18. The van der Waals surface area contributed by atoms with Gasteiger partial charge in [0, 0.05) is 30.2 Å². The lowest BCUT2D eigenvalue weighted by Gasteiger charge is -2.27. The van der Waals surface area contributed by atoms with Crippen molar-refractivity contribution in [1.82, 2.24) is 9.62 Å². The van der Waals surface area contributed by atoms with E-state index < -0.39 is 21.5 Å². The number of allylic oxidation sites excluding steroid dienone is 2. The fourth-order valence-corrected chi connectivity index (χ4v) is 5.66. The van der Waals surface area contributed by atoms with Gasteiger partial charge in [-0.05, 0) is 49.6 Å². The largest absolute Gasteiger partial charge is 0.505 e. The molecular formula is C23H24Cl2FN3O3S. The predicted octanol–water partition coefficient (Wildman–Crippen LogP) is 5.44. The molecule has 6 nitrogen and oxygen atoms in total. The highest BCUT2D eigenvalue weighted by Gasteiger charge is 2.27. The van der Waals surface area contributed by atoms with Gasteiger partial charge in [0.25, 0.3) is 0 Å². The Morgan fingerprint density at radius 2 is 1.88 bits per heavy atom. The molecule has 1 aliphatic carbocycles. The van der Waals surface area contributed by atoms with Gasteiger partial charge in [-0.15, -0.1) is 0 Å². The Balaban J connectivity index is 1.97. The van der Waals surface area contributed by atoms with E-state index in [1.165, 1.54) is 28.6 Å². The molecule has 0 saturated carbocycles. The molecule has 3 rings (SSSR count). The molecule has 10 heteroatoms. The average Bonchev–Trinajstić information content (AvgIpc) is 2.77. The number of hydrogen-bond donors (Lipinski definition) is 3. The van der Waals surface area contributed by atoms with Crippen LogP contribution in [-0.4, -0.2) is 32.6 Å². The lowest BCUT2D eigenvalue weighted by Crippen LogP contribution is -2.32. The summed E-state index contributed by atoms with van der Waals surface area (Å²) in [5, 5.41) is 13.2. The minimum Gasteiger partial charge on any atom is -0.505 e. The molecule has 0 aliphatic heterocycles. The number of amides is 1. The van der Waals surface area contributed by atoms with Crippen molar-refractivity contribution in [1.29, 1.82) is 4.78 Å². The second-order valence-corrected chi connectivity index (χ2v) is 10.4. The van der Waals surface area contributed by atoms with Crippen LogP contribution < -0.4 is 5.32 Å². The van der Waals surface area contributed by atoms with Gasteiger partial charge in [-0.2, -0.15) is 0 Å². The number of likely N-dealkylation sites (N-methyl/N-ethyl adjacent to an activating group) is 1. The van der Waals surface area contributed by atoms with Crippen LogP contribution in [0.25, 0.3) is 0 Å². The highest BCUT2D eigenvalue weighted by molar-refractivity contribution is 7.90. The lowest BCUT2D eigenvalue weighted by molar-refractivity contribution is -0.117. The van der Waals surface area contributed by atoms with Crippen LogP contribution in [0.4, 0.5) is 4.39 Å². The van der Waals surface area contributed by atoms with Gasteiger partial charge in [-0.1, -0.05) is 53.1 Å². The quantitative estimate of drug-likeness (QED) is 0.440. The van der Waals surface area contributed by atoms with Gasteiger partial charge in [-0.25, -0.2) is 17.7 Å². The molecule has 176 valence electrons. The summed E-state index contributed by atoms with van der Waals surface area (Å²) in [5.74, 6) is -1.01. The molecule has 1 atom stereocenters. The fraction of sp³-hybridized carbons (Fsp3) is 0.261. The molecule has 2 aromatic carbocycles. The molecular weight excluding hydrogens is 488 g/mol. The van der Waals surface area contributed by atoms with Gasteiger partial charge in [-0.3, -0.25) is 4.79 Å². The molecule has 0 radical (unpaired) electrons. The summed E-state index contributed by atoms with van der Waals surface area (Å²) in [4.78, 5) is 11.9. The Bertz CT molecular complexity index is 1210. The number of benzene rings is 2. The van der Waals surface area contributed by atoms with Gasteiger partial charge in [0.15, 0.2) is 5.75 Å². The Morgan fingerprint density at radius 1 is 1.18 bits per heavy atom. The van der Waals surface area contributed by atoms with E-state index in [0.717, 1.165) is 5.57 Å². The summed E-state index contributed by atoms with van der Waals surface area (Å²) in [7, 11) is -3.74. The maximum atomic E-state index is 13.8. The third kappa shape index (κ3) is 6.14. The second-order valence-electron chi connectivity index (χ2n) is 7.56. The zero-order valence-corrected chi connectivity index (χ0v) is 20.2. The average molecular weight is 512 g/mol. The molecule has 0 fully saturated rings. The molecule has 1 amide bonds. The van der Waals surface area contributed by atoms with Crippen molar-refractivity contribution in [2.75, 3.05) is 13.1 Å². The monoisotopic (exact) mass is 511 g/mol. The van der Waals surface area contributed by atoms with E-state index >= 15 is 0 Å². The van der Waals surface area contributed by atoms with E-state index in [9.17, 15) is 18.5 Å². The first-order chi connectivity index (χ1) is 15.6. The summed E-state index contributed by atoms with van der Waals surface area (Å²) in [5.41, 5.74) is 2.15. The highest BCUT2D eigenvalue weighted by Crippen LogP contribution is 2.37. The molecule has 1 aliphatic rings. The lowest BCUT2D eigenvalue weighted by atomic mass is 9.97. The van der Waals surface area contributed by atoms with Crippen LogP contribution in [0.2, 0.25) is 10.0 Å². The number of nitrogens with zero attached hydrogens (tertiary/aromatic N) is 1. The van der Waals surface area contributed by atoms with E-state index in [1.807, 2.05) is 6.92 Å². The molecule has 0 bridgehead atoms. The van der Waals surface area contributed by atoms with Crippen LogP contribution in [-0.2, 0) is 21.3 Å². The SMILES string of the molecule is CCNC(=O)C1=CC=C(CN(Cc2ccc(F)cc2)S(=N)(=O)c2cc(Cl)cc(Cl)c2O)CC1. The summed E-state index contributed by atoms with van der Waals surface area (Å²) in [6, 6.07) is 8.23. The van der Waals surface area contributed by atoms with E-state index in [2.05, 4.69) is 5.32 Å². The van der Waals surface area contributed by atoms with E-state index in [4.69, 9.17) is 28.0 Å². The summed E-state index contributed by atoms with van der Waals surface area (Å²) < 4.78 is 37.2. The molecule has 0 spiro atoms. The Morgan fingerprint density at radius 3 is 2.48 bits per heavy atom. The van der Waals surface area contributed by atoms with E-state index in [1.54, 1.807) is 24.3 Å². The van der Waals surface area contributed by atoms with E-state index in [-0.39, 0.29) is 33.9 Å². The van der Waals surface area contributed by atoms with Crippen molar-refractivity contribution in [3.05, 3.63) is 81.1 Å². The minimum atomic E-state index is -3.74. The summed E-state index contributed by atoms with van der Waals surface area (Å²) >= 11 is 12.1. The van der Waals surface area contributed by atoms with Crippen LogP contribution >= 0.6 is 23.2 Å². The standard InChI is InChI=1S/C23H24Cl2FN3O3S/c1-2-28-23(31)17-7-3-15(4-8-17)13-29(14-16-5-9-19(26)10-6-16)33(27,32)21-12-18(24)11-20(25)22(21)30/h3,5-7,9-12,27,30H,2,4,8,13-14H2,1H3,(H,28,31). The zero-order valence-electron chi connectivity index (χ0n) is 17.9. The minimum absolute atomic E-state index is 0.0520. The molecule has 0 heterocycles. The second kappa shape index (κ2) is 10.7. The molecule has 1 unspecified atom stereocenters. The number of aromatic hydroxyl groups is 1. The number of carbonyl (C=O) groups is 1. The Labute approximate surface area is 202 Å². The normalized spacial score (nSPS) is 15.5. The smallest absolute Gasteiger partial charge is 0.247 e. The molecule has 0 saturated heterocycles. The number of nitrogens with one attached hydrogen (secondary N) is 2. The molecule has 0 aromatic heterocycles. The van der Waals surface area contributed by atoms with Gasteiger partial charge >= 0.3 is 0 Å².